The smallest absolute Gasteiger partial charge is 0.225 e. The molecule has 21 heavy (non-hydrogen) atoms. The lowest BCUT2D eigenvalue weighted by atomic mass is 9.96. The van der Waals surface area contributed by atoms with Gasteiger partial charge in [-0.05, 0) is 34.7 Å². The van der Waals surface area contributed by atoms with E-state index in [1.54, 1.807) is 11.8 Å². The lowest BCUT2D eigenvalue weighted by Gasteiger charge is -2.17. The number of hydrogen-bond acceptors (Lipinski definition) is 5. The van der Waals surface area contributed by atoms with E-state index < -0.39 is 5.41 Å². The van der Waals surface area contributed by atoms with Crippen LogP contribution in [0.3, 0.4) is 0 Å². The van der Waals surface area contributed by atoms with Crippen molar-refractivity contribution >= 4 is 5.91 Å². The minimum atomic E-state index is -0.446. The first kappa shape index (κ1) is 15.0. The van der Waals surface area contributed by atoms with Crippen LogP contribution in [-0.4, -0.2) is 33.2 Å². The average Bonchev–Trinajstić information content (AvgIpc) is 2.92. The molecule has 2 aromatic rings. The van der Waals surface area contributed by atoms with Gasteiger partial charge in [-0.2, -0.15) is 4.68 Å². The highest BCUT2D eigenvalue weighted by Crippen LogP contribution is 2.15. The second-order valence-corrected chi connectivity index (χ2v) is 5.64. The van der Waals surface area contributed by atoms with Crippen LogP contribution in [0.25, 0.3) is 5.69 Å². The molecule has 0 aliphatic rings. The molecule has 1 aromatic carbocycles. The van der Waals surface area contributed by atoms with Gasteiger partial charge in [0.05, 0.1) is 19.3 Å². The molecule has 1 amide bonds. The first-order valence-corrected chi connectivity index (χ1v) is 6.62. The van der Waals surface area contributed by atoms with Crippen LogP contribution in [0.1, 0.15) is 26.6 Å². The number of benzene rings is 1. The van der Waals surface area contributed by atoms with Gasteiger partial charge in [0, 0.05) is 5.41 Å². The van der Waals surface area contributed by atoms with Crippen molar-refractivity contribution in [2.75, 3.05) is 7.11 Å². The van der Waals surface area contributed by atoms with E-state index >= 15 is 0 Å². The number of ether oxygens (including phenoxy) is 1. The van der Waals surface area contributed by atoms with Crippen LogP contribution in [0.4, 0.5) is 0 Å². The normalized spacial score (nSPS) is 11.2. The van der Waals surface area contributed by atoms with Gasteiger partial charge in [0.15, 0.2) is 5.82 Å². The molecule has 0 fully saturated rings. The summed E-state index contributed by atoms with van der Waals surface area (Å²) >= 11 is 0. The molecule has 2 rings (SSSR count). The summed E-state index contributed by atoms with van der Waals surface area (Å²) in [5, 5.41) is 14.4. The van der Waals surface area contributed by atoms with E-state index in [1.165, 1.54) is 0 Å². The zero-order valence-electron chi connectivity index (χ0n) is 12.6. The maximum atomic E-state index is 11.9. The van der Waals surface area contributed by atoms with E-state index in [0.717, 1.165) is 11.4 Å². The number of carbonyl (C=O) groups excluding carboxylic acids is 1. The van der Waals surface area contributed by atoms with E-state index in [2.05, 4.69) is 20.8 Å². The predicted molar refractivity (Wildman–Crippen MR) is 77.0 cm³/mol. The molecule has 0 radical (unpaired) electrons. The Bertz CT molecular complexity index is 613. The van der Waals surface area contributed by atoms with Gasteiger partial charge in [0.1, 0.15) is 5.75 Å². The third-order valence-electron chi connectivity index (χ3n) is 2.94. The Morgan fingerprint density at radius 1 is 1.29 bits per heavy atom. The summed E-state index contributed by atoms with van der Waals surface area (Å²) in [4.78, 5) is 11.9. The summed E-state index contributed by atoms with van der Waals surface area (Å²) in [6, 6.07) is 7.36. The van der Waals surface area contributed by atoms with Gasteiger partial charge in [-0.1, -0.05) is 20.8 Å². The Morgan fingerprint density at radius 3 is 2.52 bits per heavy atom. The van der Waals surface area contributed by atoms with Gasteiger partial charge in [-0.15, -0.1) is 5.10 Å². The van der Waals surface area contributed by atoms with Crippen molar-refractivity contribution in [3.8, 4) is 11.4 Å². The number of rotatable bonds is 4. The van der Waals surface area contributed by atoms with Crippen LogP contribution in [-0.2, 0) is 11.3 Å². The zero-order valence-corrected chi connectivity index (χ0v) is 12.6. The number of nitrogens with zero attached hydrogens (tertiary/aromatic N) is 4. The fourth-order valence-electron chi connectivity index (χ4n) is 1.66. The van der Waals surface area contributed by atoms with Crippen molar-refractivity contribution < 1.29 is 9.53 Å². The number of aromatic nitrogens is 4. The minimum Gasteiger partial charge on any atom is -0.497 e. The van der Waals surface area contributed by atoms with Gasteiger partial charge in [-0.3, -0.25) is 4.79 Å². The minimum absolute atomic E-state index is 0.0493. The zero-order chi connectivity index (χ0) is 15.5. The monoisotopic (exact) mass is 289 g/mol. The maximum absolute atomic E-state index is 11.9. The third kappa shape index (κ3) is 3.56. The predicted octanol–water partition coefficient (Wildman–Crippen LogP) is 1.33. The fourth-order valence-corrected chi connectivity index (χ4v) is 1.66. The summed E-state index contributed by atoms with van der Waals surface area (Å²) in [6.45, 7) is 5.84. The molecular formula is C14H19N5O2. The van der Waals surface area contributed by atoms with Crippen LogP contribution in [0, 0.1) is 5.41 Å². The molecule has 1 N–H and O–H groups in total. The topological polar surface area (TPSA) is 81.9 Å². The maximum Gasteiger partial charge on any atom is 0.225 e. The first-order valence-electron chi connectivity index (χ1n) is 6.62. The Kier molecular flexibility index (Phi) is 4.21. The van der Waals surface area contributed by atoms with E-state index in [9.17, 15) is 4.79 Å². The lowest BCUT2D eigenvalue weighted by molar-refractivity contribution is -0.128. The van der Waals surface area contributed by atoms with Crippen molar-refractivity contribution in [1.82, 2.24) is 25.5 Å². The summed E-state index contributed by atoms with van der Waals surface area (Å²) in [6.07, 6.45) is 0. The number of hydrogen-bond donors (Lipinski definition) is 1. The van der Waals surface area contributed by atoms with Crippen LogP contribution < -0.4 is 10.1 Å². The molecular weight excluding hydrogens is 270 g/mol. The van der Waals surface area contributed by atoms with E-state index in [-0.39, 0.29) is 12.5 Å². The van der Waals surface area contributed by atoms with E-state index in [4.69, 9.17) is 4.74 Å². The summed E-state index contributed by atoms with van der Waals surface area (Å²) in [7, 11) is 1.61. The quantitative estimate of drug-likeness (QED) is 0.918. The van der Waals surface area contributed by atoms with Crippen molar-refractivity contribution in [3.05, 3.63) is 30.1 Å². The largest absolute Gasteiger partial charge is 0.497 e. The molecule has 0 atom stereocenters. The molecule has 7 nitrogen and oxygen atoms in total. The Morgan fingerprint density at radius 2 is 1.95 bits per heavy atom. The van der Waals surface area contributed by atoms with Crippen molar-refractivity contribution in [3.63, 3.8) is 0 Å². The number of amides is 1. The number of methoxy groups -OCH3 is 1. The second-order valence-electron chi connectivity index (χ2n) is 5.64. The highest BCUT2D eigenvalue weighted by molar-refractivity contribution is 5.81. The molecule has 1 heterocycles. The molecule has 112 valence electrons. The Hall–Kier alpha value is -2.44. The van der Waals surface area contributed by atoms with Gasteiger partial charge in [-0.25, -0.2) is 0 Å². The molecule has 0 aliphatic heterocycles. The third-order valence-corrected chi connectivity index (χ3v) is 2.94. The first-order chi connectivity index (χ1) is 9.91. The Labute approximate surface area is 123 Å². The van der Waals surface area contributed by atoms with Gasteiger partial charge in [0.25, 0.3) is 0 Å². The van der Waals surface area contributed by atoms with E-state index in [0.29, 0.717) is 5.82 Å². The molecule has 1 aromatic heterocycles. The highest BCUT2D eigenvalue weighted by atomic mass is 16.5. The van der Waals surface area contributed by atoms with Crippen LogP contribution in [0.5, 0.6) is 5.75 Å². The van der Waals surface area contributed by atoms with Crippen LogP contribution in [0.2, 0.25) is 0 Å². The second kappa shape index (κ2) is 5.90. The summed E-state index contributed by atoms with van der Waals surface area (Å²) in [5.41, 5.74) is 0.360. The highest BCUT2D eigenvalue weighted by Gasteiger charge is 2.21. The van der Waals surface area contributed by atoms with Crippen LogP contribution in [0.15, 0.2) is 24.3 Å². The molecule has 0 spiro atoms. The van der Waals surface area contributed by atoms with Gasteiger partial charge in [0.2, 0.25) is 5.91 Å². The molecule has 0 saturated carbocycles. The average molecular weight is 289 g/mol. The van der Waals surface area contributed by atoms with Crippen LogP contribution >= 0.6 is 0 Å². The van der Waals surface area contributed by atoms with Crippen molar-refractivity contribution in [1.29, 1.82) is 0 Å². The Balaban J connectivity index is 2.13. The van der Waals surface area contributed by atoms with Crippen molar-refractivity contribution in [2.24, 2.45) is 5.41 Å². The SMILES string of the molecule is COc1ccc(-n2nnnc2CNC(=O)C(C)(C)C)cc1. The molecule has 0 aliphatic carbocycles. The lowest BCUT2D eigenvalue weighted by Crippen LogP contribution is -2.35. The standard InChI is InChI=1S/C14H19N5O2/c1-14(2,3)13(20)15-9-12-16-17-18-19(12)10-5-7-11(21-4)8-6-10/h5-8H,9H2,1-4H3,(H,15,20). The van der Waals surface area contributed by atoms with Gasteiger partial charge < -0.3 is 10.1 Å². The molecule has 0 saturated heterocycles. The number of nitrogens with one attached hydrogen (secondary N) is 1. The number of tetrazole rings is 1. The van der Waals surface area contributed by atoms with Gasteiger partial charge >= 0.3 is 0 Å². The molecule has 7 heteroatoms. The fraction of sp³-hybridized carbons (Fsp3) is 0.429. The molecule has 0 unspecified atom stereocenters. The number of carbonyl (C=O) groups is 1. The summed E-state index contributed by atoms with van der Waals surface area (Å²) < 4.78 is 6.70. The molecule has 0 bridgehead atoms. The van der Waals surface area contributed by atoms with Crippen molar-refractivity contribution in [2.45, 2.75) is 27.3 Å². The van der Waals surface area contributed by atoms with E-state index in [1.807, 2.05) is 45.0 Å². The summed E-state index contributed by atoms with van der Waals surface area (Å²) in [5.74, 6) is 1.28.